The van der Waals surface area contributed by atoms with E-state index in [2.05, 4.69) is 30.9 Å². The first kappa shape index (κ1) is 28.8. The van der Waals surface area contributed by atoms with E-state index >= 15 is 0 Å². The Morgan fingerprint density at radius 2 is 1.64 bits per heavy atom. The average Bonchev–Trinajstić information content (AvgIpc) is 3.03. The normalized spacial score (nSPS) is 18.8. The van der Waals surface area contributed by atoms with Crippen LogP contribution in [0.1, 0.15) is 45.1 Å². The Morgan fingerprint density at radius 1 is 0.949 bits per heavy atom. The first-order valence-electron chi connectivity index (χ1n) is 13.6. The van der Waals surface area contributed by atoms with Gasteiger partial charge in [0.1, 0.15) is 16.4 Å². The fourth-order valence-corrected chi connectivity index (χ4v) is 7.50. The van der Waals surface area contributed by atoms with Crippen LogP contribution in [0.15, 0.2) is 71.6 Å². The summed E-state index contributed by atoms with van der Waals surface area (Å²) in [5.41, 5.74) is 2.74. The maximum atomic E-state index is 14.8. The van der Waals surface area contributed by atoms with Gasteiger partial charge in [0.25, 0.3) is 0 Å². The molecule has 1 aliphatic rings. The second-order valence-corrected chi connectivity index (χ2v) is 12.2. The molecule has 4 rings (SSSR count). The van der Waals surface area contributed by atoms with Crippen LogP contribution in [0.4, 0.5) is 17.1 Å². The molecule has 39 heavy (non-hydrogen) atoms. The van der Waals surface area contributed by atoms with Crippen molar-refractivity contribution in [1.29, 1.82) is 0 Å². The van der Waals surface area contributed by atoms with E-state index in [1.807, 2.05) is 67.5 Å². The van der Waals surface area contributed by atoms with Gasteiger partial charge < -0.3 is 19.3 Å². The molecular weight excluding hydrogens is 510 g/mol. The predicted octanol–water partition coefficient (Wildman–Crippen LogP) is 6.45. The van der Waals surface area contributed by atoms with Gasteiger partial charge in [0, 0.05) is 38.9 Å². The van der Waals surface area contributed by atoms with Crippen molar-refractivity contribution < 1.29 is 17.9 Å². The summed E-state index contributed by atoms with van der Waals surface area (Å²) in [4.78, 5) is 4.40. The number of benzene rings is 3. The van der Waals surface area contributed by atoms with Crippen LogP contribution in [0.2, 0.25) is 0 Å². The molecule has 7 nitrogen and oxygen atoms in total. The van der Waals surface area contributed by atoms with E-state index in [4.69, 9.17) is 9.47 Å². The van der Waals surface area contributed by atoms with Crippen LogP contribution >= 0.6 is 0 Å². The van der Waals surface area contributed by atoms with Crippen molar-refractivity contribution in [3.05, 3.63) is 72.3 Å². The zero-order chi connectivity index (χ0) is 28.2. The molecule has 1 unspecified atom stereocenters. The lowest BCUT2D eigenvalue weighted by atomic mass is 9.88. The van der Waals surface area contributed by atoms with Gasteiger partial charge >= 0.3 is 0 Å². The quantitative estimate of drug-likeness (QED) is 0.289. The van der Waals surface area contributed by atoms with Crippen molar-refractivity contribution in [2.24, 2.45) is 0 Å². The number of nitrogens with zero attached hydrogens (tertiary/aromatic N) is 3. The van der Waals surface area contributed by atoms with Crippen LogP contribution in [0.5, 0.6) is 11.5 Å². The van der Waals surface area contributed by atoms with Gasteiger partial charge in [-0.05, 0) is 48.7 Å². The molecule has 0 aromatic heterocycles. The fraction of sp³-hybridized carbons (Fsp3) is 0.419. The molecule has 0 radical (unpaired) electrons. The van der Waals surface area contributed by atoms with Gasteiger partial charge in [-0.1, -0.05) is 57.0 Å². The highest BCUT2D eigenvalue weighted by Gasteiger charge is 2.48. The predicted molar refractivity (Wildman–Crippen MR) is 159 cm³/mol. The molecule has 1 heterocycles. The monoisotopic (exact) mass is 551 g/mol. The van der Waals surface area contributed by atoms with Gasteiger partial charge in [-0.15, -0.1) is 0 Å². The zero-order valence-corrected chi connectivity index (χ0v) is 24.8. The lowest BCUT2D eigenvalue weighted by Gasteiger charge is -2.43. The molecule has 3 aromatic rings. The summed E-state index contributed by atoms with van der Waals surface area (Å²) in [5.74, 6) is 1.27. The molecule has 0 saturated carbocycles. The Balaban J connectivity index is 2.01. The number of methoxy groups -OCH3 is 2. The van der Waals surface area contributed by atoms with Gasteiger partial charge in [-0.25, -0.2) is 8.42 Å². The van der Waals surface area contributed by atoms with E-state index in [0.717, 1.165) is 42.0 Å². The van der Waals surface area contributed by atoms with Crippen LogP contribution in [-0.2, 0) is 16.6 Å². The first-order chi connectivity index (χ1) is 18.7. The molecule has 0 spiro atoms. The third-order valence-corrected chi connectivity index (χ3v) is 9.77. The summed E-state index contributed by atoms with van der Waals surface area (Å²) < 4.78 is 42.5. The number of sulfonamides is 1. The Kier molecular flexibility index (Phi) is 8.76. The van der Waals surface area contributed by atoms with Crippen LogP contribution < -0.4 is 19.3 Å². The zero-order valence-electron chi connectivity index (χ0n) is 24.0. The lowest BCUT2D eigenvalue weighted by molar-refractivity contribution is 0.163. The minimum Gasteiger partial charge on any atom is -0.497 e. The van der Waals surface area contributed by atoms with Gasteiger partial charge in [0.15, 0.2) is 0 Å². The molecular formula is C31H41N3O4S. The van der Waals surface area contributed by atoms with E-state index in [0.29, 0.717) is 24.4 Å². The van der Waals surface area contributed by atoms with E-state index < -0.39 is 15.6 Å². The maximum Gasteiger partial charge on any atom is 0.246 e. The second kappa shape index (κ2) is 11.9. The van der Waals surface area contributed by atoms with Crippen molar-refractivity contribution in [1.82, 2.24) is 4.31 Å². The highest BCUT2D eigenvalue weighted by molar-refractivity contribution is 7.89. The molecule has 3 aromatic carbocycles. The standard InChI is InChI=1S/C31H41N3O4S/c1-7-9-19-31(8-2)23-33(25-13-11-10-12-14-25)28-20-27(32(3)4)29(38-6)21-30(28)39(35,36)34(31)22-24-15-17-26(37-5)18-16-24/h10-18,20-21H,7-9,19,22-23H2,1-6H3. The van der Waals surface area contributed by atoms with E-state index in [-0.39, 0.29) is 11.4 Å². The number of unbranched alkanes of at least 4 members (excludes halogenated alkanes) is 1. The molecule has 0 bridgehead atoms. The molecule has 1 atom stereocenters. The second-order valence-electron chi connectivity index (χ2n) is 10.3. The highest BCUT2D eigenvalue weighted by atomic mass is 32.2. The Labute approximate surface area is 234 Å². The number of fused-ring (bicyclic) bond motifs is 1. The molecule has 0 fully saturated rings. The SMILES string of the molecule is CCCCC1(CC)CN(c2ccccc2)c2cc(N(C)C)c(OC)cc2S(=O)(=O)N1Cc1ccc(OC)cc1. The van der Waals surface area contributed by atoms with Crippen LogP contribution in [-0.4, -0.2) is 53.1 Å². The summed E-state index contributed by atoms with van der Waals surface area (Å²) in [6.45, 7) is 5.07. The van der Waals surface area contributed by atoms with Crippen molar-refractivity contribution in [2.75, 3.05) is 44.7 Å². The van der Waals surface area contributed by atoms with Crippen molar-refractivity contribution in [3.8, 4) is 11.5 Å². The summed E-state index contributed by atoms with van der Waals surface area (Å²) in [7, 11) is 3.16. The summed E-state index contributed by atoms with van der Waals surface area (Å²) in [6.07, 6.45) is 3.34. The van der Waals surface area contributed by atoms with Crippen molar-refractivity contribution >= 4 is 27.1 Å². The van der Waals surface area contributed by atoms with Crippen molar-refractivity contribution in [2.45, 2.75) is 56.5 Å². The topological polar surface area (TPSA) is 62.3 Å². The molecule has 1 aliphatic heterocycles. The Morgan fingerprint density at radius 3 is 2.21 bits per heavy atom. The summed E-state index contributed by atoms with van der Waals surface area (Å²) >= 11 is 0. The molecule has 0 saturated heterocycles. The van der Waals surface area contributed by atoms with Crippen LogP contribution in [0.3, 0.4) is 0 Å². The third kappa shape index (κ3) is 5.58. The number of hydrogen-bond acceptors (Lipinski definition) is 6. The lowest BCUT2D eigenvalue weighted by Crippen LogP contribution is -2.54. The van der Waals surface area contributed by atoms with Gasteiger partial charge in [0.05, 0.1) is 31.1 Å². The molecule has 0 aliphatic carbocycles. The number of rotatable bonds is 10. The molecule has 8 heteroatoms. The Hall–Kier alpha value is -3.23. The smallest absolute Gasteiger partial charge is 0.246 e. The molecule has 0 N–H and O–H groups in total. The number of hydrogen-bond donors (Lipinski definition) is 0. The first-order valence-corrected chi connectivity index (χ1v) is 15.0. The van der Waals surface area contributed by atoms with Crippen LogP contribution in [0, 0.1) is 0 Å². The van der Waals surface area contributed by atoms with Gasteiger partial charge in [-0.3, -0.25) is 0 Å². The van der Waals surface area contributed by atoms with E-state index in [1.165, 1.54) is 0 Å². The third-order valence-electron chi connectivity index (χ3n) is 7.79. The van der Waals surface area contributed by atoms with Crippen LogP contribution in [0.25, 0.3) is 0 Å². The number of para-hydroxylation sites is 1. The maximum absolute atomic E-state index is 14.8. The average molecular weight is 552 g/mol. The van der Waals surface area contributed by atoms with Gasteiger partial charge in [-0.2, -0.15) is 4.31 Å². The Bertz CT molecular complexity index is 1360. The number of anilines is 3. The fourth-order valence-electron chi connectivity index (χ4n) is 5.46. The van der Waals surface area contributed by atoms with E-state index in [1.54, 1.807) is 24.6 Å². The van der Waals surface area contributed by atoms with Gasteiger partial charge in [0.2, 0.25) is 10.0 Å². The molecule has 0 amide bonds. The summed E-state index contributed by atoms with van der Waals surface area (Å²) in [6, 6.07) is 21.4. The molecule has 210 valence electrons. The summed E-state index contributed by atoms with van der Waals surface area (Å²) in [5, 5.41) is 0. The van der Waals surface area contributed by atoms with E-state index in [9.17, 15) is 8.42 Å². The largest absolute Gasteiger partial charge is 0.497 e. The van der Waals surface area contributed by atoms with Crippen molar-refractivity contribution in [3.63, 3.8) is 0 Å². The minimum absolute atomic E-state index is 0.258. The minimum atomic E-state index is -3.94. The highest BCUT2D eigenvalue weighted by Crippen LogP contribution is 2.47. The number of ether oxygens (including phenoxy) is 2.